The lowest BCUT2D eigenvalue weighted by Crippen LogP contribution is -2.36. The minimum Gasteiger partial charge on any atom is -0.378 e. The molecule has 136 valence electrons. The van der Waals surface area contributed by atoms with Crippen LogP contribution in [0.25, 0.3) is 16.5 Å². The van der Waals surface area contributed by atoms with Gasteiger partial charge in [-0.2, -0.15) is 0 Å². The Morgan fingerprint density at radius 3 is 2.48 bits per heavy atom. The molecule has 1 fully saturated rings. The summed E-state index contributed by atoms with van der Waals surface area (Å²) in [6.45, 7) is 3.40. The minimum absolute atomic E-state index is 0.0255. The van der Waals surface area contributed by atoms with Crippen LogP contribution in [-0.2, 0) is 4.74 Å². The first-order chi connectivity index (χ1) is 13.3. The van der Waals surface area contributed by atoms with E-state index < -0.39 is 0 Å². The fourth-order valence-electron chi connectivity index (χ4n) is 3.01. The second-order valence-electron chi connectivity index (χ2n) is 6.29. The molecule has 4 rings (SSSR count). The van der Waals surface area contributed by atoms with E-state index in [1.807, 2.05) is 42.5 Å². The maximum atomic E-state index is 12.5. The smallest absolute Gasteiger partial charge is 0.195 e. The fraction of sp³-hybridized carbons (Fsp3) is 0.182. The molecule has 0 saturated carbocycles. The molecule has 0 bridgehead atoms. The summed E-state index contributed by atoms with van der Waals surface area (Å²) in [5, 5.41) is 0. The van der Waals surface area contributed by atoms with Crippen molar-refractivity contribution >= 4 is 28.9 Å². The Bertz CT molecular complexity index is 926. The molecule has 1 aromatic carbocycles. The van der Waals surface area contributed by atoms with Gasteiger partial charge >= 0.3 is 0 Å². The number of benzene rings is 1. The van der Waals surface area contributed by atoms with Gasteiger partial charge in [-0.05, 0) is 53.6 Å². The number of carbonyl (C=O) groups is 1. The van der Waals surface area contributed by atoms with Crippen molar-refractivity contribution in [2.75, 3.05) is 31.2 Å². The number of rotatable bonds is 5. The van der Waals surface area contributed by atoms with E-state index >= 15 is 0 Å². The molecule has 5 heteroatoms. The van der Waals surface area contributed by atoms with Crippen molar-refractivity contribution in [3.8, 4) is 10.4 Å². The molecule has 0 unspecified atom stereocenters. The van der Waals surface area contributed by atoms with E-state index in [1.54, 1.807) is 18.5 Å². The van der Waals surface area contributed by atoms with Crippen molar-refractivity contribution in [3.05, 3.63) is 77.4 Å². The quantitative estimate of drug-likeness (QED) is 0.484. The Morgan fingerprint density at radius 1 is 1.00 bits per heavy atom. The average molecular weight is 376 g/mol. The van der Waals surface area contributed by atoms with Crippen LogP contribution in [0.2, 0.25) is 0 Å². The molecule has 0 aliphatic carbocycles. The maximum absolute atomic E-state index is 12.5. The zero-order chi connectivity index (χ0) is 18.5. The lowest BCUT2D eigenvalue weighted by molar-refractivity contribution is 0.105. The number of aromatic nitrogens is 1. The Hall–Kier alpha value is -2.76. The number of allylic oxidation sites excluding steroid dienone is 1. The van der Waals surface area contributed by atoms with Gasteiger partial charge in [-0.25, -0.2) is 0 Å². The van der Waals surface area contributed by atoms with Crippen molar-refractivity contribution in [3.63, 3.8) is 0 Å². The van der Waals surface area contributed by atoms with Gasteiger partial charge in [-0.3, -0.25) is 9.78 Å². The number of pyridine rings is 1. The highest BCUT2D eigenvalue weighted by Gasteiger charge is 2.11. The summed E-state index contributed by atoms with van der Waals surface area (Å²) in [7, 11) is 0. The summed E-state index contributed by atoms with van der Waals surface area (Å²) < 4.78 is 5.39. The van der Waals surface area contributed by atoms with Crippen molar-refractivity contribution in [1.82, 2.24) is 4.98 Å². The lowest BCUT2D eigenvalue weighted by atomic mass is 10.1. The summed E-state index contributed by atoms with van der Waals surface area (Å²) in [4.78, 5) is 20.6. The molecule has 27 heavy (non-hydrogen) atoms. The first-order valence-corrected chi connectivity index (χ1v) is 9.77. The molecular formula is C22H20N2O2S. The predicted molar refractivity (Wildman–Crippen MR) is 110 cm³/mol. The van der Waals surface area contributed by atoms with E-state index in [4.69, 9.17) is 4.74 Å². The summed E-state index contributed by atoms with van der Waals surface area (Å²) in [5.74, 6) is 0.0255. The first-order valence-electron chi connectivity index (χ1n) is 8.95. The molecule has 3 heterocycles. The molecule has 4 nitrogen and oxygen atoms in total. The van der Waals surface area contributed by atoms with Gasteiger partial charge in [0.15, 0.2) is 5.78 Å². The van der Waals surface area contributed by atoms with Crippen molar-refractivity contribution < 1.29 is 9.53 Å². The summed E-state index contributed by atoms with van der Waals surface area (Å²) in [6.07, 6.45) is 7.04. The third-order valence-corrected chi connectivity index (χ3v) is 5.66. The van der Waals surface area contributed by atoms with Crippen LogP contribution in [0.3, 0.4) is 0 Å². The monoisotopic (exact) mass is 376 g/mol. The van der Waals surface area contributed by atoms with Crippen LogP contribution in [0.15, 0.2) is 67.0 Å². The number of hydrogen-bond acceptors (Lipinski definition) is 5. The van der Waals surface area contributed by atoms with Crippen LogP contribution < -0.4 is 4.90 Å². The highest BCUT2D eigenvalue weighted by Crippen LogP contribution is 2.28. The van der Waals surface area contributed by atoms with Crippen LogP contribution in [0, 0.1) is 0 Å². The molecule has 0 N–H and O–H groups in total. The standard InChI is InChI=1S/C22H20N2O2S/c25-20(22-8-7-21(27-22)18-9-11-23-12-10-18)6-3-17-1-4-19(5-2-17)24-13-15-26-16-14-24/h1-12H,13-16H2/b6-3+. The van der Waals surface area contributed by atoms with E-state index in [1.165, 1.54) is 17.0 Å². The molecule has 0 atom stereocenters. The molecule has 1 aliphatic heterocycles. The molecule has 1 aliphatic rings. The molecule has 3 aromatic rings. The average Bonchev–Trinajstić information content (AvgIpc) is 3.24. The summed E-state index contributed by atoms with van der Waals surface area (Å²) in [5.41, 5.74) is 3.30. The Kier molecular flexibility index (Phi) is 5.42. The number of carbonyl (C=O) groups excluding carboxylic acids is 1. The topological polar surface area (TPSA) is 42.4 Å². The lowest BCUT2D eigenvalue weighted by Gasteiger charge is -2.28. The number of thiophene rings is 1. The van der Waals surface area contributed by atoms with E-state index in [9.17, 15) is 4.79 Å². The predicted octanol–water partition coefficient (Wildman–Crippen LogP) is 4.54. The molecule has 1 saturated heterocycles. The van der Waals surface area contributed by atoms with Gasteiger partial charge in [0.2, 0.25) is 0 Å². The highest BCUT2D eigenvalue weighted by molar-refractivity contribution is 7.17. The van der Waals surface area contributed by atoms with Gasteiger partial charge in [0.25, 0.3) is 0 Å². The molecule has 0 radical (unpaired) electrons. The van der Waals surface area contributed by atoms with Crippen LogP contribution in [-0.4, -0.2) is 37.1 Å². The Morgan fingerprint density at radius 2 is 1.74 bits per heavy atom. The normalized spacial score (nSPS) is 14.6. The largest absolute Gasteiger partial charge is 0.378 e. The fourth-order valence-corrected chi connectivity index (χ4v) is 3.95. The van der Waals surface area contributed by atoms with Gasteiger partial charge in [0.1, 0.15) is 0 Å². The number of anilines is 1. The van der Waals surface area contributed by atoms with Crippen molar-refractivity contribution in [2.24, 2.45) is 0 Å². The van der Waals surface area contributed by atoms with Gasteiger partial charge in [0, 0.05) is 36.0 Å². The second kappa shape index (κ2) is 8.29. The van der Waals surface area contributed by atoms with E-state index in [0.29, 0.717) is 0 Å². The number of ether oxygens (including phenoxy) is 1. The second-order valence-corrected chi connectivity index (χ2v) is 7.37. The minimum atomic E-state index is 0.0255. The van der Waals surface area contributed by atoms with Crippen LogP contribution in [0.5, 0.6) is 0 Å². The molecule has 0 spiro atoms. The zero-order valence-electron chi connectivity index (χ0n) is 14.9. The van der Waals surface area contributed by atoms with Crippen LogP contribution >= 0.6 is 11.3 Å². The van der Waals surface area contributed by atoms with E-state index in [0.717, 1.165) is 47.2 Å². The molecular weight excluding hydrogens is 356 g/mol. The van der Waals surface area contributed by atoms with Gasteiger partial charge in [0.05, 0.1) is 18.1 Å². The van der Waals surface area contributed by atoms with E-state index in [-0.39, 0.29) is 5.78 Å². The number of ketones is 1. The number of morpholine rings is 1. The third kappa shape index (κ3) is 4.32. The van der Waals surface area contributed by atoms with Crippen LogP contribution in [0.4, 0.5) is 5.69 Å². The summed E-state index contributed by atoms with van der Waals surface area (Å²) in [6, 6.07) is 16.1. The first kappa shape index (κ1) is 17.6. The van der Waals surface area contributed by atoms with E-state index in [2.05, 4.69) is 22.0 Å². The highest BCUT2D eigenvalue weighted by atomic mass is 32.1. The third-order valence-electron chi connectivity index (χ3n) is 4.51. The summed E-state index contributed by atoms with van der Waals surface area (Å²) >= 11 is 1.50. The maximum Gasteiger partial charge on any atom is 0.195 e. The number of nitrogens with zero attached hydrogens (tertiary/aromatic N) is 2. The zero-order valence-corrected chi connectivity index (χ0v) is 15.7. The SMILES string of the molecule is O=C(/C=C/c1ccc(N2CCOCC2)cc1)c1ccc(-c2ccncc2)s1. The van der Waals surface area contributed by atoms with Crippen molar-refractivity contribution in [2.45, 2.75) is 0 Å². The van der Waals surface area contributed by atoms with Crippen LogP contribution in [0.1, 0.15) is 15.2 Å². The van der Waals surface area contributed by atoms with Gasteiger partial charge < -0.3 is 9.64 Å². The Balaban J connectivity index is 1.42. The van der Waals surface area contributed by atoms with Gasteiger partial charge in [-0.15, -0.1) is 11.3 Å². The number of hydrogen-bond donors (Lipinski definition) is 0. The van der Waals surface area contributed by atoms with Crippen molar-refractivity contribution in [1.29, 1.82) is 0 Å². The molecule has 2 aromatic heterocycles. The molecule has 0 amide bonds. The Labute approximate surface area is 162 Å². The van der Waals surface area contributed by atoms with Gasteiger partial charge in [-0.1, -0.05) is 18.2 Å².